The molecule has 142 valence electrons. The number of carbonyl (C=O) groups is 2. The molecule has 0 saturated carbocycles. The van der Waals surface area contributed by atoms with Crippen LogP contribution in [0.4, 0.5) is 18.9 Å². The predicted molar refractivity (Wildman–Crippen MR) is 95.5 cm³/mol. The van der Waals surface area contributed by atoms with Crippen molar-refractivity contribution in [2.24, 2.45) is 0 Å². The number of aldehydes is 1. The standard InChI is InChI=1S/C20H13F3N2O3/c21-20(22,23)15-5-3-14(4-6-15)19(27)25-16-7-10-18(24-11-16)28-17-8-1-13(12-26)2-9-17/h1-12H,(H,25,27). The molecule has 0 unspecified atom stereocenters. The summed E-state index contributed by atoms with van der Waals surface area (Å²) in [6, 6.07) is 13.4. The van der Waals surface area contributed by atoms with Gasteiger partial charge < -0.3 is 10.1 Å². The number of nitrogens with zero attached hydrogens (tertiary/aromatic N) is 1. The van der Waals surface area contributed by atoms with Crippen molar-refractivity contribution in [3.63, 3.8) is 0 Å². The molecular weight excluding hydrogens is 373 g/mol. The van der Waals surface area contributed by atoms with Gasteiger partial charge in [0.25, 0.3) is 5.91 Å². The summed E-state index contributed by atoms with van der Waals surface area (Å²) in [6.07, 6.45) is -2.38. The first-order valence-corrected chi connectivity index (χ1v) is 8.03. The van der Waals surface area contributed by atoms with Crippen LogP contribution in [-0.4, -0.2) is 17.2 Å². The zero-order valence-corrected chi connectivity index (χ0v) is 14.2. The Kier molecular flexibility index (Phi) is 5.39. The van der Waals surface area contributed by atoms with Gasteiger partial charge in [-0.25, -0.2) is 4.98 Å². The Morgan fingerprint density at radius 3 is 2.18 bits per heavy atom. The molecule has 0 saturated heterocycles. The molecule has 0 aliphatic heterocycles. The number of halogens is 3. The fourth-order valence-electron chi connectivity index (χ4n) is 2.26. The number of alkyl halides is 3. The van der Waals surface area contributed by atoms with Crippen molar-refractivity contribution in [3.8, 4) is 11.6 Å². The van der Waals surface area contributed by atoms with Crippen molar-refractivity contribution in [2.45, 2.75) is 6.18 Å². The maximum absolute atomic E-state index is 12.6. The number of benzene rings is 2. The maximum Gasteiger partial charge on any atom is 0.416 e. The highest BCUT2D eigenvalue weighted by atomic mass is 19.4. The summed E-state index contributed by atoms with van der Waals surface area (Å²) in [5.41, 5.74) is 0.132. The van der Waals surface area contributed by atoms with Gasteiger partial charge in [0.05, 0.1) is 17.4 Å². The summed E-state index contributed by atoms with van der Waals surface area (Å²) in [5.74, 6) is 0.194. The molecule has 0 radical (unpaired) electrons. The average Bonchev–Trinajstić information content (AvgIpc) is 2.69. The lowest BCUT2D eigenvalue weighted by atomic mass is 10.1. The first-order valence-electron chi connectivity index (χ1n) is 8.03. The van der Waals surface area contributed by atoms with Crippen LogP contribution in [0.15, 0.2) is 66.9 Å². The predicted octanol–water partition coefficient (Wildman–Crippen LogP) is 4.96. The van der Waals surface area contributed by atoms with Crippen molar-refractivity contribution in [1.29, 1.82) is 0 Å². The highest BCUT2D eigenvalue weighted by Gasteiger charge is 2.30. The Balaban J connectivity index is 1.63. The van der Waals surface area contributed by atoms with E-state index in [1.807, 2.05) is 0 Å². The highest BCUT2D eigenvalue weighted by molar-refractivity contribution is 6.04. The fourth-order valence-corrected chi connectivity index (χ4v) is 2.26. The maximum atomic E-state index is 12.6. The monoisotopic (exact) mass is 386 g/mol. The van der Waals surface area contributed by atoms with E-state index in [1.54, 1.807) is 30.3 Å². The van der Waals surface area contributed by atoms with Crippen LogP contribution in [0.25, 0.3) is 0 Å². The quantitative estimate of drug-likeness (QED) is 0.630. The summed E-state index contributed by atoms with van der Waals surface area (Å²) >= 11 is 0. The van der Waals surface area contributed by atoms with Crippen LogP contribution < -0.4 is 10.1 Å². The molecule has 1 aromatic heterocycles. The third kappa shape index (κ3) is 4.73. The van der Waals surface area contributed by atoms with Gasteiger partial charge in [-0.3, -0.25) is 9.59 Å². The van der Waals surface area contributed by atoms with E-state index in [-0.39, 0.29) is 11.4 Å². The number of nitrogens with one attached hydrogen (secondary N) is 1. The molecule has 0 spiro atoms. The molecule has 0 fully saturated rings. The number of pyridine rings is 1. The summed E-state index contributed by atoms with van der Waals surface area (Å²) in [4.78, 5) is 26.8. The van der Waals surface area contributed by atoms with Crippen LogP contribution in [-0.2, 0) is 6.18 Å². The van der Waals surface area contributed by atoms with E-state index in [0.29, 0.717) is 17.0 Å². The van der Waals surface area contributed by atoms with Gasteiger partial charge in [-0.1, -0.05) is 0 Å². The molecule has 1 amide bonds. The van der Waals surface area contributed by atoms with E-state index >= 15 is 0 Å². The Bertz CT molecular complexity index is 968. The van der Waals surface area contributed by atoms with Crippen LogP contribution in [0, 0.1) is 0 Å². The van der Waals surface area contributed by atoms with Gasteiger partial charge in [-0.2, -0.15) is 13.2 Å². The van der Waals surface area contributed by atoms with Crippen molar-refractivity contribution in [2.75, 3.05) is 5.32 Å². The summed E-state index contributed by atoms with van der Waals surface area (Å²) in [6.45, 7) is 0. The molecule has 0 bridgehead atoms. The minimum absolute atomic E-state index is 0.0867. The van der Waals surface area contributed by atoms with Crippen LogP contribution in [0.2, 0.25) is 0 Å². The van der Waals surface area contributed by atoms with Crippen molar-refractivity contribution < 1.29 is 27.5 Å². The number of amides is 1. The molecule has 28 heavy (non-hydrogen) atoms. The lowest BCUT2D eigenvalue weighted by Gasteiger charge is -2.09. The Morgan fingerprint density at radius 2 is 1.64 bits per heavy atom. The number of hydrogen-bond acceptors (Lipinski definition) is 4. The van der Waals surface area contributed by atoms with E-state index < -0.39 is 17.6 Å². The molecule has 0 aliphatic carbocycles. The van der Waals surface area contributed by atoms with E-state index in [1.165, 1.54) is 12.3 Å². The van der Waals surface area contributed by atoms with Crippen LogP contribution in [0.1, 0.15) is 26.3 Å². The molecule has 0 atom stereocenters. The lowest BCUT2D eigenvalue weighted by Crippen LogP contribution is -2.13. The highest BCUT2D eigenvalue weighted by Crippen LogP contribution is 2.29. The van der Waals surface area contributed by atoms with Gasteiger partial charge in [0.15, 0.2) is 0 Å². The summed E-state index contributed by atoms with van der Waals surface area (Å²) in [5, 5.41) is 2.55. The number of rotatable bonds is 5. The van der Waals surface area contributed by atoms with E-state index in [9.17, 15) is 22.8 Å². The molecule has 1 heterocycles. The average molecular weight is 386 g/mol. The van der Waals surface area contributed by atoms with Gasteiger partial charge in [0.2, 0.25) is 5.88 Å². The van der Waals surface area contributed by atoms with E-state index in [4.69, 9.17) is 4.74 Å². The van der Waals surface area contributed by atoms with Crippen molar-refractivity contribution >= 4 is 17.9 Å². The number of ether oxygens (including phenoxy) is 1. The molecule has 3 aromatic rings. The lowest BCUT2D eigenvalue weighted by molar-refractivity contribution is -0.137. The largest absolute Gasteiger partial charge is 0.439 e. The van der Waals surface area contributed by atoms with E-state index in [2.05, 4.69) is 10.3 Å². The van der Waals surface area contributed by atoms with Gasteiger partial charge in [-0.05, 0) is 54.6 Å². The van der Waals surface area contributed by atoms with Gasteiger partial charge in [0.1, 0.15) is 12.0 Å². The van der Waals surface area contributed by atoms with Gasteiger partial charge >= 0.3 is 6.18 Å². The third-order valence-corrected chi connectivity index (χ3v) is 3.71. The fraction of sp³-hybridized carbons (Fsp3) is 0.0500. The SMILES string of the molecule is O=Cc1ccc(Oc2ccc(NC(=O)c3ccc(C(F)(F)F)cc3)cn2)cc1. The second kappa shape index (κ2) is 7.91. The third-order valence-electron chi connectivity index (χ3n) is 3.71. The number of aromatic nitrogens is 1. The molecule has 3 rings (SSSR count). The number of hydrogen-bond donors (Lipinski definition) is 1. The van der Waals surface area contributed by atoms with E-state index in [0.717, 1.165) is 30.6 Å². The second-order valence-corrected chi connectivity index (χ2v) is 5.70. The zero-order chi connectivity index (χ0) is 20.1. The van der Waals surface area contributed by atoms with Crippen LogP contribution >= 0.6 is 0 Å². The summed E-state index contributed by atoms with van der Waals surface area (Å²) in [7, 11) is 0. The van der Waals surface area contributed by atoms with Gasteiger partial charge in [-0.15, -0.1) is 0 Å². The topological polar surface area (TPSA) is 68.3 Å². The molecule has 8 heteroatoms. The molecule has 1 N–H and O–H groups in total. The van der Waals surface area contributed by atoms with Crippen LogP contribution in [0.3, 0.4) is 0 Å². The Morgan fingerprint density at radius 1 is 0.964 bits per heavy atom. The molecule has 5 nitrogen and oxygen atoms in total. The Labute approximate surface area is 157 Å². The van der Waals surface area contributed by atoms with Crippen molar-refractivity contribution in [3.05, 3.63) is 83.6 Å². The smallest absolute Gasteiger partial charge is 0.416 e. The van der Waals surface area contributed by atoms with Crippen LogP contribution in [0.5, 0.6) is 11.6 Å². The molecule has 0 aliphatic rings. The normalized spacial score (nSPS) is 11.0. The number of carbonyl (C=O) groups excluding carboxylic acids is 2. The second-order valence-electron chi connectivity index (χ2n) is 5.70. The minimum atomic E-state index is -4.46. The van der Waals surface area contributed by atoms with Crippen molar-refractivity contribution in [1.82, 2.24) is 4.98 Å². The zero-order valence-electron chi connectivity index (χ0n) is 14.2. The summed E-state index contributed by atoms with van der Waals surface area (Å²) < 4.78 is 43.2. The first kappa shape index (κ1) is 19.1. The number of anilines is 1. The molecule has 2 aromatic carbocycles. The van der Waals surface area contributed by atoms with Gasteiger partial charge in [0, 0.05) is 17.2 Å². The minimum Gasteiger partial charge on any atom is -0.439 e. The first-order chi connectivity index (χ1) is 13.3. The Hall–Kier alpha value is -3.68. The molecular formula is C20H13F3N2O3.